The van der Waals surface area contributed by atoms with E-state index in [0.29, 0.717) is 23.9 Å². The van der Waals surface area contributed by atoms with Crippen LogP contribution in [0.4, 0.5) is 0 Å². The normalized spacial score (nSPS) is 10.5. The van der Waals surface area contributed by atoms with E-state index in [-0.39, 0.29) is 11.7 Å². The van der Waals surface area contributed by atoms with E-state index in [4.69, 9.17) is 20.8 Å². The molecule has 1 aromatic heterocycles. The summed E-state index contributed by atoms with van der Waals surface area (Å²) < 4.78 is 11.3. The second-order valence-electron chi connectivity index (χ2n) is 5.40. The van der Waals surface area contributed by atoms with Crippen LogP contribution in [-0.2, 0) is 6.54 Å². The molecule has 0 spiro atoms. The van der Waals surface area contributed by atoms with Crippen molar-refractivity contribution in [1.29, 1.82) is 0 Å². The molecule has 0 unspecified atom stereocenters. The first-order valence-electron chi connectivity index (χ1n) is 8.02. The lowest BCUT2D eigenvalue weighted by molar-refractivity contribution is 0.0924. The number of nitrogens with one attached hydrogen (secondary N) is 1. The molecule has 0 atom stereocenters. The van der Waals surface area contributed by atoms with Crippen molar-refractivity contribution in [2.75, 3.05) is 6.61 Å². The largest absolute Gasteiger partial charge is 0.493 e. The third kappa shape index (κ3) is 4.22. The van der Waals surface area contributed by atoms with Gasteiger partial charge in [-0.1, -0.05) is 35.9 Å². The third-order valence-electron chi connectivity index (χ3n) is 3.65. The predicted molar refractivity (Wildman–Crippen MR) is 97.9 cm³/mol. The molecule has 0 saturated heterocycles. The second-order valence-corrected chi connectivity index (χ2v) is 5.84. The Balaban J connectivity index is 1.70. The maximum absolute atomic E-state index is 12.3. The number of benzene rings is 2. The summed E-state index contributed by atoms with van der Waals surface area (Å²) in [6, 6.07) is 18.3. The third-order valence-corrected chi connectivity index (χ3v) is 3.90. The molecule has 3 aromatic rings. The summed E-state index contributed by atoms with van der Waals surface area (Å²) in [5.74, 6) is 1.32. The van der Waals surface area contributed by atoms with Crippen molar-refractivity contribution >= 4 is 17.5 Å². The Morgan fingerprint density at radius 1 is 1.08 bits per heavy atom. The highest BCUT2D eigenvalue weighted by atomic mass is 35.5. The molecule has 0 fully saturated rings. The van der Waals surface area contributed by atoms with Gasteiger partial charge in [-0.15, -0.1) is 0 Å². The van der Waals surface area contributed by atoms with Gasteiger partial charge in [0.1, 0.15) is 11.5 Å². The van der Waals surface area contributed by atoms with Crippen LogP contribution in [0.2, 0.25) is 5.02 Å². The van der Waals surface area contributed by atoms with Crippen LogP contribution in [0, 0.1) is 0 Å². The van der Waals surface area contributed by atoms with Gasteiger partial charge in [-0.2, -0.15) is 0 Å². The molecule has 5 heteroatoms. The Labute approximate surface area is 151 Å². The molecule has 1 amide bonds. The molecule has 25 heavy (non-hydrogen) atoms. The maximum Gasteiger partial charge on any atom is 0.287 e. The monoisotopic (exact) mass is 355 g/mol. The number of hydrogen-bond donors (Lipinski definition) is 1. The van der Waals surface area contributed by atoms with Crippen molar-refractivity contribution in [3.05, 3.63) is 77.0 Å². The van der Waals surface area contributed by atoms with Crippen LogP contribution in [0.15, 0.2) is 65.1 Å². The number of hydrogen-bond acceptors (Lipinski definition) is 3. The van der Waals surface area contributed by atoms with Crippen molar-refractivity contribution in [3.63, 3.8) is 0 Å². The van der Waals surface area contributed by atoms with Gasteiger partial charge in [0.05, 0.1) is 12.2 Å². The predicted octanol–water partition coefficient (Wildman–Crippen LogP) is 4.93. The van der Waals surface area contributed by atoms with Crippen molar-refractivity contribution in [1.82, 2.24) is 5.32 Å². The molecule has 128 valence electrons. The second kappa shape index (κ2) is 7.90. The highest BCUT2D eigenvalue weighted by Crippen LogP contribution is 2.31. The van der Waals surface area contributed by atoms with E-state index in [9.17, 15) is 4.79 Å². The number of halogens is 1. The van der Waals surface area contributed by atoms with E-state index in [0.717, 1.165) is 16.9 Å². The van der Waals surface area contributed by atoms with E-state index < -0.39 is 0 Å². The quantitative estimate of drug-likeness (QED) is 0.682. The fourth-order valence-corrected chi connectivity index (χ4v) is 2.55. The summed E-state index contributed by atoms with van der Waals surface area (Å²) in [6.45, 7) is 2.89. The van der Waals surface area contributed by atoms with E-state index in [1.54, 1.807) is 24.3 Å². The zero-order valence-electron chi connectivity index (χ0n) is 13.8. The molecule has 0 radical (unpaired) electrons. The highest BCUT2D eigenvalue weighted by molar-refractivity contribution is 6.30. The molecule has 1 heterocycles. The Morgan fingerprint density at radius 2 is 1.84 bits per heavy atom. The van der Waals surface area contributed by atoms with Crippen LogP contribution >= 0.6 is 11.6 Å². The Kier molecular flexibility index (Phi) is 5.41. The number of para-hydroxylation sites is 1. The number of amides is 1. The molecule has 0 bridgehead atoms. The fourth-order valence-electron chi connectivity index (χ4n) is 2.43. The smallest absolute Gasteiger partial charge is 0.287 e. The molecule has 3 rings (SSSR count). The van der Waals surface area contributed by atoms with Gasteiger partial charge in [0.2, 0.25) is 0 Å². The average molecular weight is 356 g/mol. The summed E-state index contributed by atoms with van der Waals surface area (Å²) in [7, 11) is 0. The lowest BCUT2D eigenvalue weighted by Gasteiger charge is -2.07. The Morgan fingerprint density at radius 3 is 2.60 bits per heavy atom. The first-order valence-corrected chi connectivity index (χ1v) is 8.40. The standard InChI is InChI=1S/C20H18ClNO3/c1-2-24-17-6-4-3-5-16(17)18-11-12-19(25-18)20(23)22-13-14-7-9-15(21)10-8-14/h3-12H,2,13H2,1H3,(H,22,23). The first kappa shape index (κ1) is 17.1. The van der Waals surface area contributed by atoms with Crippen LogP contribution < -0.4 is 10.1 Å². The van der Waals surface area contributed by atoms with Crippen molar-refractivity contribution in [3.8, 4) is 17.1 Å². The van der Waals surface area contributed by atoms with Gasteiger partial charge in [-0.25, -0.2) is 0 Å². The number of carbonyl (C=O) groups excluding carboxylic acids is 1. The molecular formula is C20H18ClNO3. The van der Waals surface area contributed by atoms with Crippen LogP contribution in [0.25, 0.3) is 11.3 Å². The van der Waals surface area contributed by atoms with Crippen molar-refractivity contribution < 1.29 is 13.9 Å². The lowest BCUT2D eigenvalue weighted by atomic mass is 10.1. The van der Waals surface area contributed by atoms with Gasteiger partial charge in [-0.3, -0.25) is 4.79 Å². The zero-order valence-corrected chi connectivity index (χ0v) is 14.5. The minimum Gasteiger partial charge on any atom is -0.493 e. The topological polar surface area (TPSA) is 51.5 Å². The summed E-state index contributed by atoms with van der Waals surface area (Å²) >= 11 is 5.85. The van der Waals surface area contributed by atoms with Crippen LogP contribution in [0.3, 0.4) is 0 Å². The Bertz CT molecular complexity index is 855. The van der Waals surface area contributed by atoms with E-state index >= 15 is 0 Å². The molecule has 0 aliphatic rings. The zero-order chi connectivity index (χ0) is 17.6. The fraction of sp³-hybridized carbons (Fsp3) is 0.150. The summed E-state index contributed by atoms with van der Waals surface area (Å²) in [4.78, 5) is 12.3. The lowest BCUT2D eigenvalue weighted by Crippen LogP contribution is -2.22. The molecule has 0 aliphatic carbocycles. The van der Waals surface area contributed by atoms with Crippen LogP contribution in [0.1, 0.15) is 23.0 Å². The number of furan rings is 1. The highest BCUT2D eigenvalue weighted by Gasteiger charge is 2.14. The van der Waals surface area contributed by atoms with Crippen molar-refractivity contribution in [2.45, 2.75) is 13.5 Å². The van der Waals surface area contributed by atoms with Crippen LogP contribution in [-0.4, -0.2) is 12.5 Å². The number of ether oxygens (including phenoxy) is 1. The van der Waals surface area contributed by atoms with Crippen LogP contribution in [0.5, 0.6) is 5.75 Å². The van der Waals surface area contributed by atoms with E-state index in [2.05, 4.69) is 5.32 Å². The minimum absolute atomic E-state index is 0.260. The molecule has 2 aromatic carbocycles. The summed E-state index contributed by atoms with van der Waals surface area (Å²) in [5, 5.41) is 3.50. The molecule has 0 aliphatic heterocycles. The minimum atomic E-state index is -0.268. The van der Waals surface area contributed by atoms with Gasteiger partial charge in [-0.05, 0) is 48.9 Å². The van der Waals surface area contributed by atoms with E-state index in [1.165, 1.54) is 0 Å². The van der Waals surface area contributed by atoms with Gasteiger partial charge in [0.25, 0.3) is 5.91 Å². The summed E-state index contributed by atoms with van der Waals surface area (Å²) in [5.41, 5.74) is 1.78. The number of carbonyl (C=O) groups is 1. The molecule has 1 N–H and O–H groups in total. The number of rotatable bonds is 6. The molecule has 0 saturated carbocycles. The van der Waals surface area contributed by atoms with Gasteiger partial charge >= 0.3 is 0 Å². The van der Waals surface area contributed by atoms with E-state index in [1.807, 2.05) is 43.3 Å². The summed E-state index contributed by atoms with van der Waals surface area (Å²) in [6.07, 6.45) is 0. The van der Waals surface area contributed by atoms with Crippen molar-refractivity contribution in [2.24, 2.45) is 0 Å². The molecular weight excluding hydrogens is 338 g/mol. The van der Waals surface area contributed by atoms with Gasteiger partial charge in [0, 0.05) is 11.6 Å². The molecule has 4 nitrogen and oxygen atoms in total. The first-order chi connectivity index (χ1) is 12.2. The van der Waals surface area contributed by atoms with Gasteiger partial charge in [0.15, 0.2) is 5.76 Å². The van der Waals surface area contributed by atoms with Gasteiger partial charge < -0.3 is 14.5 Å². The Hall–Kier alpha value is -2.72. The average Bonchev–Trinajstić information content (AvgIpc) is 3.12. The SMILES string of the molecule is CCOc1ccccc1-c1ccc(C(=O)NCc2ccc(Cl)cc2)o1. The maximum atomic E-state index is 12.3.